The number of aryl methyl sites for hydroxylation is 1. The molecule has 0 atom stereocenters. The molecule has 0 spiro atoms. The van der Waals surface area contributed by atoms with E-state index in [0.29, 0.717) is 16.4 Å². The van der Waals surface area contributed by atoms with E-state index in [9.17, 15) is 4.79 Å². The SMILES string of the molecule is CCc1nnc(NC(=O)Nc2cccc(C#Cc3cnc(N)nc3)c2)s1. The van der Waals surface area contributed by atoms with Crippen molar-refractivity contribution >= 4 is 34.1 Å². The largest absolute Gasteiger partial charge is 0.368 e. The quantitative estimate of drug-likeness (QED) is 0.614. The number of nitrogens with one attached hydrogen (secondary N) is 2. The molecular weight excluding hydrogens is 350 g/mol. The molecule has 3 aromatic rings. The summed E-state index contributed by atoms with van der Waals surface area (Å²) in [5.41, 5.74) is 7.45. The molecule has 0 aliphatic carbocycles. The zero-order valence-corrected chi connectivity index (χ0v) is 14.7. The Labute approximate surface area is 153 Å². The van der Waals surface area contributed by atoms with Gasteiger partial charge in [0.2, 0.25) is 11.1 Å². The van der Waals surface area contributed by atoms with Crippen LogP contribution in [-0.2, 0) is 6.42 Å². The Balaban J connectivity index is 1.65. The zero-order valence-electron chi connectivity index (χ0n) is 13.9. The number of urea groups is 1. The molecule has 0 fully saturated rings. The van der Waals surface area contributed by atoms with Gasteiger partial charge in [0.25, 0.3) is 0 Å². The maximum Gasteiger partial charge on any atom is 0.325 e. The summed E-state index contributed by atoms with van der Waals surface area (Å²) in [6, 6.07) is 6.80. The fourth-order valence-electron chi connectivity index (χ4n) is 1.93. The fourth-order valence-corrected chi connectivity index (χ4v) is 2.60. The molecule has 26 heavy (non-hydrogen) atoms. The number of carbonyl (C=O) groups is 1. The van der Waals surface area contributed by atoms with E-state index in [1.807, 2.05) is 13.0 Å². The van der Waals surface area contributed by atoms with Crippen LogP contribution >= 0.6 is 11.3 Å². The van der Waals surface area contributed by atoms with Gasteiger partial charge in [0, 0.05) is 23.6 Å². The number of hydrogen-bond donors (Lipinski definition) is 3. The van der Waals surface area contributed by atoms with E-state index in [1.54, 1.807) is 30.6 Å². The average Bonchev–Trinajstić information content (AvgIpc) is 3.09. The molecule has 0 saturated carbocycles. The number of benzene rings is 1. The maximum atomic E-state index is 12.1. The molecule has 9 heteroatoms. The van der Waals surface area contributed by atoms with Gasteiger partial charge in [0.05, 0.1) is 5.56 Å². The highest BCUT2D eigenvalue weighted by atomic mass is 32.1. The lowest BCUT2D eigenvalue weighted by molar-refractivity contribution is 0.262. The molecule has 0 aliphatic rings. The number of hydrogen-bond acceptors (Lipinski definition) is 7. The highest BCUT2D eigenvalue weighted by Gasteiger charge is 2.07. The number of nitrogens with two attached hydrogens (primary N) is 1. The van der Waals surface area contributed by atoms with Crippen molar-refractivity contribution in [3.8, 4) is 11.8 Å². The number of anilines is 3. The number of rotatable bonds is 3. The van der Waals surface area contributed by atoms with Crippen molar-refractivity contribution in [2.45, 2.75) is 13.3 Å². The fraction of sp³-hybridized carbons (Fsp3) is 0.118. The summed E-state index contributed by atoms with van der Waals surface area (Å²) in [6.45, 7) is 1.98. The van der Waals surface area contributed by atoms with Gasteiger partial charge < -0.3 is 11.1 Å². The minimum Gasteiger partial charge on any atom is -0.368 e. The van der Waals surface area contributed by atoms with E-state index in [-0.39, 0.29) is 12.0 Å². The van der Waals surface area contributed by atoms with Gasteiger partial charge in [-0.05, 0) is 24.6 Å². The molecule has 2 aromatic heterocycles. The van der Waals surface area contributed by atoms with Crippen molar-refractivity contribution in [1.29, 1.82) is 0 Å². The topological polar surface area (TPSA) is 119 Å². The molecule has 130 valence electrons. The van der Waals surface area contributed by atoms with Gasteiger partial charge in [-0.3, -0.25) is 5.32 Å². The summed E-state index contributed by atoms with van der Waals surface area (Å²) < 4.78 is 0. The first-order valence-electron chi connectivity index (χ1n) is 7.72. The van der Waals surface area contributed by atoms with Gasteiger partial charge in [0.15, 0.2) is 0 Å². The van der Waals surface area contributed by atoms with Crippen LogP contribution in [0.2, 0.25) is 0 Å². The Morgan fingerprint density at radius 2 is 1.92 bits per heavy atom. The summed E-state index contributed by atoms with van der Waals surface area (Å²) in [5.74, 6) is 6.14. The summed E-state index contributed by atoms with van der Waals surface area (Å²) in [4.78, 5) is 19.8. The number of aromatic nitrogens is 4. The van der Waals surface area contributed by atoms with E-state index in [1.165, 1.54) is 11.3 Å². The summed E-state index contributed by atoms with van der Waals surface area (Å²) in [6.07, 6.45) is 3.88. The van der Waals surface area contributed by atoms with Crippen LogP contribution in [0.15, 0.2) is 36.7 Å². The summed E-state index contributed by atoms with van der Waals surface area (Å²) >= 11 is 1.34. The third kappa shape index (κ3) is 4.75. The molecule has 0 radical (unpaired) electrons. The van der Waals surface area contributed by atoms with Crippen molar-refractivity contribution in [2.24, 2.45) is 0 Å². The summed E-state index contributed by atoms with van der Waals surface area (Å²) in [7, 11) is 0. The molecule has 3 rings (SSSR count). The molecule has 2 amide bonds. The van der Waals surface area contributed by atoms with Crippen LogP contribution in [0.3, 0.4) is 0 Å². The Morgan fingerprint density at radius 3 is 2.65 bits per heavy atom. The van der Waals surface area contributed by atoms with E-state index < -0.39 is 0 Å². The molecule has 4 N–H and O–H groups in total. The van der Waals surface area contributed by atoms with Crippen LogP contribution in [0.25, 0.3) is 0 Å². The monoisotopic (exact) mass is 365 g/mol. The van der Waals surface area contributed by atoms with Gasteiger partial charge in [0.1, 0.15) is 5.01 Å². The van der Waals surface area contributed by atoms with Gasteiger partial charge in [-0.25, -0.2) is 14.8 Å². The molecular formula is C17H15N7OS. The van der Waals surface area contributed by atoms with Crippen LogP contribution in [-0.4, -0.2) is 26.2 Å². The highest BCUT2D eigenvalue weighted by Crippen LogP contribution is 2.16. The minimum absolute atomic E-state index is 0.203. The number of amides is 2. The van der Waals surface area contributed by atoms with Gasteiger partial charge in [-0.1, -0.05) is 36.2 Å². The van der Waals surface area contributed by atoms with E-state index in [2.05, 4.69) is 42.6 Å². The molecule has 0 unspecified atom stereocenters. The van der Waals surface area contributed by atoms with Crippen molar-refractivity contribution in [1.82, 2.24) is 20.2 Å². The van der Waals surface area contributed by atoms with E-state index in [0.717, 1.165) is 17.0 Å². The minimum atomic E-state index is -0.388. The molecule has 0 saturated heterocycles. The van der Waals surface area contributed by atoms with E-state index in [4.69, 9.17) is 5.73 Å². The number of carbonyl (C=O) groups excluding carboxylic acids is 1. The number of nitrogen functional groups attached to an aromatic ring is 1. The lowest BCUT2D eigenvalue weighted by Gasteiger charge is -2.05. The molecule has 1 aromatic carbocycles. The van der Waals surface area contributed by atoms with Crippen LogP contribution < -0.4 is 16.4 Å². The first-order valence-corrected chi connectivity index (χ1v) is 8.54. The van der Waals surface area contributed by atoms with E-state index >= 15 is 0 Å². The average molecular weight is 365 g/mol. The Kier molecular flexibility index (Phi) is 5.36. The first-order chi connectivity index (χ1) is 12.6. The lowest BCUT2D eigenvalue weighted by Crippen LogP contribution is -2.19. The highest BCUT2D eigenvalue weighted by molar-refractivity contribution is 7.15. The van der Waals surface area contributed by atoms with Gasteiger partial charge in [-0.2, -0.15) is 0 Å². The standard InChI is InChI=1S/C17H15N7OS/c1-2-14-23-24-17(26-14)22-16(25)21-13-5-3-4-11(8-13)6-7-12-9-19-15(18)20-10-12/h3-5,8-10H,2H2,1H3,(H2,18,19,20)(H2,21,22,24,25). The van der Waals surface area contributed by atoms with Crippen LogP contribution in [0.4, 0.5) is 21.6 Å². The predicted molar refractivity (Wildman–Crippen MR) is 101 cm³/mol. The Hall–Kier alpha value is -3.51. The predicted octanol–water partition coefficient (Wildman–Crippen LogP) is 2.52. The third-order valence-corrected chi connectivity index (χ3v) is 4.12. The Morgan fingerprint density at radius 1 is 1.15 bits per heavy atom. The van der Waals surface area contributed by atoms with Crippen molar-refractivity contribution < 1.29 is 4.79 Å². The molecule has 2 heterocycles. The zero-order chi connectivity index (χ0) is 18.4. The maximum absolute atomic E-state index is 12.1. The van der Waals surface area contributed by atoms with Crippen LogP contribution in [0.1, 0.15) is 23.1 Å². The van der Waals surface area contributed by atoms with Crippen LogP contribution in [0, 0.1) is 11.8 Å². The second-order valence-corrected chi connectivity index (χ2v) is 6.16. The smallest absolute Gasteiger partial charge is 0.325 e. The van der Waals surface area contributed by atoms with Crippen LogP contribution in [0.5, 0.6) is 0 Å². The Bertz CT molecular complexity index is 973. The lowest BCUT2D eigenvalue weighted by atomic mass is 10.2. The van der Waals surface area contributed by atoms with Crippen molar-refractivity contribution in [3.63, 3.8) is 0 Å². The number of nitrogens with zero attached hydrogens (tertiary/aromatic N) is 4. The van der Waals surface area contributed by atoms with Gasteiger partial charge in [-0.15, -0.1) is 10.2 Å². The normalized spacial score (nSPS) is 9.88. The molecule has 8 nitrogen and oxygen atoms in total. The first kappa shape index (κ1) is 17.3. The second-order valence-electron chi connectivity index (χ2n) is 5.09. The summed E-state index contributed by atoms with van der Waals surface area (Å²) in [5, 5.41) is 14.6. The second kappa shape index (κ2) is 8.04. The van der Waals surface area contributed by atoms with Gasteiger partial charge >= 0.3 is 6.03 Å². The third-order valence-electron chi connectivity index (χ3n) is 3.13. The van der Waals surface area contributed by atoms with Crippen molar-refractivity contribution in [3.05, 3.63) is 52.8 Å². The molecule has 0 bridgehead atoms. The molecule has 0 aliphatic heterocycles. The van der Waals surface area contributed by atoms with Crippen molar-refractivity contribution in [2.75, 3.05) is 16.4 Å².